The Kier molecular flexibility index (Phi) is 2.51. The van der Waals surface area contributed by atoms with Crippen LogP contribution in [0, 0.1) is 12.3 Å². The van der Waals surface area contributed by atoms with Crippen molar-refractivity contribution in [3.8, 4) is 12.3 Å². The van der Waals surface area contributed by atoms with Crippen molar-refractivity contribution >= 4 is 22.3 Å². The molecule has 0 aliphatic heterocycles. The zero-order valence-electron chi connectivity index (χ0n) is 11.5. The SMILES string of the molecule is C#CCn1cnc2c1C(=O)c1cc3ccccc3cc1C2=O. The van der Waals surface area contributed by atoms with E-state index >= 15 is 0 Å². The molecule has 3 aromatic rings. The molecule has 0 unspecified atom stereocenters. The van der Waals surface area contributed by atoms with Gasteiger partial charge in [-0.2, -0.15) is 0 Å². The van der Waals surface area contributed by atoms with Gasteiger partial charge in [-0.05, 0) is 22.9 Å². The molecule has 1 aromatic heterocycles. The Balaban J connectivity index is 2.01. The Hall–Kier alpha value is -3.19. The van der Waals surface area contributed by atoms with Crippen molar-refractivity contribution in [1.29, 1.82) is 0 Å². The Morgan fingerprint density at radius 2 is 1.68 bits per heavy atom. The van der Waals surface area contributed by atoms with Gasteiger partial charge in [-0.15, -0.1) is 6.42 Å². The summed E-state index contributed by atoms with van der Waals surface area (Å²) in [6, 6.07) is 11.2. The predicted molar refractivity (Wildman–Crippen MR) is 81.9 cm³/mol. The fourth-order valence-corrected chi connectivity index (χ4v) is 2.88. The van der Waals surface area contributed by atoms with Gasteiger partial charge in [-0.3, -0.25) is 9.59 Å². The maximum absolute atomic E-state index is 12.8. The Bertz CT molecular complexity index is 1010. The van der Waals surface area contributed by atoms with E-state index in [0.29, 0.717) is 11.1 Å². The first kappa shape index (κ1) is 12.5. The molecular weight excluding hydrogens is 276 g/mol. The van der Waals surface area contributed by atoms with Crippen LogP contribution < -0.4 is 0 Å². The van der Waals surface area contributed by atoms with Crippen molar-refractivity contribution in [3.63, 3.8) is 0 Å². The van der Waals surface area contributed by atoms with Crippen LogP contribution in [0.5, 0.6) is 0 Å². The Labute approximate surface area is 126 Å². The number of hydrogen-bond acceptors (Lipinski definition) is 3. The van der Waals surface area contributed by atoms with E-state index in [1.54, 1.807) is 16.7 Å². The molecule has 0 spiro atoms. The number of rotatable bonds is 1. The van der Waals surface area contributed by atoms with Gasteiger partial charge in [0, 0.05) is 11.1 Å². The molecule has 2 aromatic carbocycles. The van der Waals surface area contributed by atoms with Crippen LogP contribution in [-0.4, -0.2) is 21.1 Å². The molecule has 0 saturated heterocycles. The van der Waals surface area contributed by atoms with E-state index in [-0.39, 0.29) is 29.5 Å². The van der Waals surface area contributed by atoms with Gasteiger partial charge in [0.05, 0.1) is 12.9 Å². The number of aromatic nitrogens is 2. The second-order valence-corrected chi connectivity index (χ2v) is 5.18. The third-order valence-corrected chi connectivity index (χ3v) is 3.90. The predicted octanol–water partition coefficient (Wildman–Crippen LogP) is 2.44. The minimum atomic E-state index is -0.230. The minimum absolute atomic E-state index is 0.183. The lowest BCUT2D eigenvalue weighted by Crippen LogP contribution is -2.23. The van der Waals surface area contributed by atoms with Gasteiger partial charge < -0.3 is 4.57 Å². The van der Waals surface area contributed by atoms with Crippen LogP contribution in [-0.2, 0) is 6.54 Å². The zero-order valence-corrected chi connectivity index (χ0v) is 11.5. The van der Waals surface area contributed by atoms with E-state index in [4.69, 9.17) is 6.42 Å². The minimum Gasteiger partial charge on any atom is -0.315 e. The highest BCUT2D eigenvalue weighted by molar-refractivity contribution is 6.28. The van der Waals surface area contributed by atoms with E-state index in [9.17, 15) is 9.59 Å². The van der Waals surface area contributed by atoms with Crippen LogP contribution in [0.3, 0.4) is 0 Å². The molecule has 4 rings (SSSR count). The number of ketones is 2. The average Bonchev–Trinajstić information content (AvgIpc) is 2.96. The number of nitrogens with zero attached hydrogens (tertiary/aromatic N) is 2. The third-order valence-electron chi connectivity index (χ3n) is 3.90. The maximum Gasteiger partial charge on any atom is 0.214 e. The summed E-state index contributed by atoms with van der Waals surface area (Å²) in [5.41, 5.74) is 1.28. The van der Waals surface area contributed by atoms with Crippen LogP contribution in [0.25, 0.3) is 10.8 Å². The molecule has 0 atom stereocenters. The van der Waals surface area contributed by atoms with Crippen LogP contribution in [0.2, 0.25) is 0 Å². The van der Waals surface area contributed by atoms with Crippen molar-refractivity contribution in [3.05, 3.63) is 65.2 Å². The highest BCUT2D eigenvalue weighted by Gasteiger charge is 2.34. The summed E-state index contributed by atoms with van der Waals surface area (Å²) in [4.78, 5) is 29.5. The van der Waals surface area contributed by atoms with Crippen molar-refractivity contribution in [2.45, 2.75) is 6.54 Å². The molecule has 104 valence electrons. The van der Waals surface area contributed by atoms with E-state index in [0.717, 1.165) is 10.8 Å². The van der Waals surface area contributed by atoms with Crippen LogP contribution >= 0.6 is 0 Å². The van der Waals surface area contributed by atoms with Gasteiger partial charge in [-0.1, -0.05) is 30.2 Å². The fraction of sp³-hybridized carbons (Fsp3) is 0.0556. The third kappa shape index (κ3) is 1.57. The molecular formula is C18H10N2O2. The van der Waals surface area contributed by atoms with Crippen molar-refractivity contribution in [1.82, 2.24) is 9.55 Å². The van der Waals surface area contributed by atoms with Gasteiger partial charge >= 0.3 is 0 Å². The van der Waals surface area contributed by atoms with Crippen molar-refractivity contribution in [2.24, 2.45) is 0 Å². The first-order chi connectivity index (χ1) is 10.7. The molecule has 0 N–H and O–H groups in total. The zero-order chi connectivity index (χ0) is 15.3. The lowest BCUT2D eigenvalue weighted by molar-refractivity contribution is 0.0971. The summed E-state index contributed by atoms with van der Waals surface area (Å²) >= 11 is 0. The van der Waals surface area contributed by atoms with E-state index in [1.807, 2.05) is 24.3 Å². The van der Waals surface area contributed by atoms with Gasteiger partial charge in [0.1, 0.15) is 11.4 Å². The fourth-order valence-electron chi connectivity index (χ4n) is 2.88. The van der Waals surface area contributed by atoms with Crippen LogP contribution in [0.15, 0.2) is 42.7 Å². The molecule has 1 aliphatic carbocycles. The summed E-state index contributed by atoms with van der Waals surface area (Å²) in [6.07, 6.45) is 6.76. The monoisotopic (exact) mass is 286 g/mol. The number of hydrogen-bond donors (Lipinski definition) is 0. The first-order valence-corrected chi connectivity index (χ1v) is 6.81. The summed E-state index contributed by atoms with van der Waals surface area (Å²) < 4.78 is 1.55. The van der Waals surface area contributed by atoms with Gasteiger partial charge in [-0.25, -0.2) is 4.98 Å². The molecule has 0 fully saturated rings. The standard InChI is InChI=1S/C18H10N2O2/c1-2-7-20-10-19-15-16(20)18(22)14-9-12-6-4-3-5-11(12)8-13(14)17(15)21/h1,3-6,8-10H,7H2. The summed E-state index contributed by atoms with van der Waals surface area (Å²) in [6.45, 7) is 0.213. The molecule has 1 aliphatic rings. The largest absolute Gasteiger partial charge is 0.315 e. The molecule has 4 heteroatoms. The van der Waals surface area contributed by atoms with Gasteiger partial charge in [0.25, 0.3) is 0 Å². The molecule has 0 amide bonds. The number of carbonyl (C=O) groups is 2. The molecule has 22 heavy (non-hydrogen) atoms. The number of carbonyl (C=O) groups excluding carboxylic acids is 2. The molecule has 0 saturated carbocycles. The Morgan fingerprint density at radius 3 is 2.32 bits per heavy atom. The highest BCUT2D eigenvalue weighted by Crippen LogP contribution is 2.30. The van der Waals surface area contributed by atoms with Gasteiger partial charge in [0.2, 0.25) is 11.6 Å². The van der Waals surface area contributed by atoms with Gasteiger partial charge in [0.15, 0.2) is 0 Å². The van der Waals surface area contributed by atoms with Crippen molar-refractivity contribution < 1.29 is 9.59 Å². The lowest BCUT2D eigenvalue weighted by atomic mass is 9.88. The quantitative estimate of drug-likeness (QED) is 0.505. The van der Waals surface area contributed by atoms with E-state index in [1.165, 1.54) is 6.33 Å². The summed E-state index contributed by atoms with van der Waals surface area (Å²) in [5.74, 6) is 2.03. The highest BCUT2D eigenvalue weighted by atomic mass is 16.1. The molecule has 0 bridgehead atoms. The molecule has 4 nitrogen and oxygen atoms in total. The Morgan fingerprint density at radius 1 is 1.05 bits per heavy atom. The molecule has 0 radical (unpaired) electrons. The lowest BCUT2D eigenvalue weighted by Gasteiger charge is -2.16. The van der Waals surface area contributed by atoms with Crippen LogP contribution in [0.4, 0.5) is 0 Å². The van der Waals surface area contributed by atoms with Crippen LogP contribution in [0.1, 0.15) is 32.1 Å². The second-order valence-electron chi connectivity index (χ2n) is 5.18. The maximum atomic E-state index is 12.8. The summed E-state index contributed by atoms with van der Waals surface area (Å²) in [5, 5.41) is 1.85. The normalized spacial score (nSPS) is 12.9. The number of benzene rings is 2. The van der Waals surface area contributed by atoms with E-state index in [2.05, 4.69) is 10.9 Å². The number of terminal acetylenes is 1. The number of imidazole rings is 1. The van der Waals surface area contributed by atoms with E-state index < -0.39 is 0 Å². The van der Waals surface area contributed by atoms with Crippen molar-refractivity contribution in [2.75, 3.05) is 0 Å². The molecule has 1 heterocycles. The smallest absolute Gasteiger partial charge is 0.214 e. The summed E-state index contributed by atoms with van der Waals surface area (Å²) in [7, 11) is 0. The average molecular weight is 286 g/mol. The second kappa shape index (κ2) is 4.40. The number of fused-ring (bicyclic) bond motifs is 3. The first-order valence-electron chi connectivity index (χ1n) is 6.81. The topological polar surface area (TPSA) is 52.0 Å².